The minimum absolute atomic E-state index is 0.0586. The third-order valence-electron chi connectivity index (χ3n) is 3.02. The summed E-state index contributed by atoms with van der Waals surface area (Å²) in [6, 6.07) is 2.15. The Kier molecular flexibility index (Phi) is 3.27. The van der Waals surface area contributed by atoms with Gasteiger partial charge in [0.05, 0.1) is 11.4 Å². The molecule has 16 heavy (non-hydrogen) atoms. The zero-order valence-corrected chi connectivity index (χ0v) is 9.18. The van der Waals surface area contributed by atoms with Gasteiger partial charge in [-0.05, 0) is 18.9 Å². The van der Waals surface area contributed by atoms with E-state index in [1.807, 2.05) is 4.90 Å². The Hall–Kier alpha value is -1.32. The first-order chi connectivity index (χ1) is 7.68. The van der Waals surface area contributed by atoms with Crippen LogP contribution in [-0.2, 0) is 0 Å². The van der Waals surface area contributed by atoms with Gasteiger partial charge in [-0.1, -0.05) is 12.8 Å². The number of benzene rings is 1. The Morgan fingerprint density at radius 1 is 1.00 bits per heavy atom. The second kappa shape index (κ2) is 4.68. The minimum Gasteiger partial charge on any atom is -0.395 e. The van der Waals surface area contributed by atoms with Gasteiger partial charge in [0, 0.05) is 19.2 Å². The van der Waals surface area contributed by atoms with Crippen molar-refractivity contribution in [2.75, 3.05) is 23.7 Å². The molecule has 2 nitrogen and oxygen atoms in total. The van der Waals surface area contributed by atoms with Crippen LogP contribution in [0.2, 0.25) is 0 Å². The topological polar surface area (TPSA) is 29.3 Å². The van der Waals surface area contributed by atoms with E-state index < -0.39 is 11.6 Å². The zero-order chi connectivity index (χ0) is 11.5. The van der Waals surface area contributed by atoms with Gasteiger partial charge in [-0.15, -0.1) is 0 Å². The molecule has 2 N–H and O–H groups in total. The number of hydrogen-bond donors (Lipinski definition) is 1. The molecule has 4 heteroatoms. The Morgan fingerprint density at radius 2 is 1.62 bits per heavy atom. The zero-order valence-electron chi connectivity index (χ0n) is 9.18. The summed E-state index contributed by atoms with van der Waals surface area (Å²) in [5.74, 6) is -1.23. The van der Waals surface area contributed by atoms with Crippen molar-refractivity contribution in [3.8, 4) is 0 Å². The fourth-order valence-electron chi connectivity index (χ4n) is 2.14. The first-order valence-electron chi connectivity index (χ1n) is 5.68. The molecule has 0 unspecified atom stereocenters. The summed E-state index contributed by atoms with van der Waals surface area (Å²) >= 11 is 0. The van der Waals surface area contributed by atoms with Crippen LogP contribution in [0.4, 0.5) is 20.2 Å². The third kappa shape index (κ3) is 2.26. The normalized spacial score (nSPS) is 17.2. The highest BCUT2D eigenvalue weighted by Crippen LogP contribution is 2.29. The van der Waals surface area contributed by atoms with Crippen LogP contribution in [-0.4, -0.2) is 13.1 Å². The van der Waals surface area contributed by atoms with Crippen molar-refractivity contribution in [3.05, 3.63) is 23.8 Å². The molecular formula is C12H16F2N2. The van der Waals surface area contributed by atoms with Crippen LogP contribution in [0, 0.1) is 11.6 Å². The average molecular weight is 226 g/mol. The van der Waals surface area contributed by atoms with E-state index in [0.717, 1.165) is 32.0 Å². The van der Waals surface area contributed by atoms with E-state index in [0.29, 0.717) is 5.69 Å². The fraction of sp³-hybridized carbons (Fsp3) is 0.500. The molecule has 0 atom stereocenters. The second-order valence-electron chi connectivity index (χ2n) is 4.22. The molecule has 1 fully saturated rings. The molecule has 0 aromatic heterocycles. The Labute approximate surface area is 94.0 Å². The van der Waals surface area contributed by atoms with Crippen LogP contribution in [0.3, 0.4) is 0 Å². The van der Waals surface area contributed by atoms with E-state index in [9.17, 15) is 8.78 Å². The number of nitrogen functional groups attached to an aromatic ring is 1. The number of nitrogens with zero attached hydrogens (tertiary/aromatic N) is 1. The largest absolute Gasteiger partial charge is 0.395 e. The van der Waals surface area contributed by atoms with Crippen LogP contribution in [0.1, 0.15) is 25.7 Å². The molecule has 88 valence electrons. The van der Waals surface area contributed by atoms with Gasteiger partial charge in [-0.3, -0.25) is 0 Å². The average Bonchev–Trinajstić information content (AvgIpc) is 2.51. The lowest BCUT2D eigenvalue weighted by Gasteiger charge is -2.24. The quantitative estimate of drug-likeness (QED) is 0.746. The van der Waals surface area contributed by atoms with Gasteiger partial charge in [-0.2, -0.15) is 0 Å². The molecule has 1 aliphatic rings. The van der Waals surface area contributed by atoms with Crippen molar-refractivity contribution in [3.63, 3.8) is 0 Å². The molecular weight excluding hydrogens is 210 g/mol. The molecule has 2 rings (SSSR count). The highest BCUT2D eigenvalue weighted by atomic mass is 19.1. The lowest BCUT2D eigenvalue weighted by atomic mass is 10.2. The van der Waals surface area contributed by atoms with Crippen molar-refractivity contribution in [1.29, 1.82) is 0 Å². The number of anilines is 2. The van der Waals surface area contributed by atoms with Gasteiger partial charge < -0.3 is 10.6 Å². The molecule has 1 aromatic rings. The summed E-state index contributed by atoms with van der Waals surface area (Å²) in [4.78, 5) is 1.98. The predicted molar refractivity (Wildman–Crippen MR) is 61.5 cm³/mol. The summed E-state index contributed by atoms with van der Waals surface area (Å²) in [7, 11) is 0. The maximum absolute atomic E-state index is 13.3. The monoisotopic (exact) mass is 226 g/mol. The number of nitrogens with two attached hydrogens (primary N) is 1. The molecule has 0 amide bonds. The summed E-state index contributed by atoms with van der Waals surface area (Å²) in [5, 5.41) is 0. The van der Waals surface area contributed by atoms with E-state index in [1.54, 1.807) is 0 Å². The smallest absolute Gasteiger partial charge is 0.151 e. The van der Waals surface area contributed by atoms with Crippen LogP contribution < -0.4 is 10.6 Å². The first kappa shape index (κ1) is 11.2. The van der Waals surface area contributed by atoms with Crippen LogP contribution in [0.5, 0.6) is 0 Å². The van der Waals surface area contributed by atoms with Gasteiger partial charge in [0.25, 0.3) is 0 Å². The molecule has 0 radical (unpaired) electrons. The Bertz CT molecular complexity index is 372. The minimum atomic E-state index is -0.667. The molecule has 0 spiro atoms. The maximum atomic E-state index is 13.3. The van der Waals surface area contributed by atoms with Crippen LogP contribution in [0.25, 0.3) is 0 Å². The standard InChI is InChI=1S/C12H16F2N2/c13-9-7-10(14)12(15)11(8-9)16-5-3-1-2-4-6-16/h7-8H,1-6,15H2. The number of halogens is 2. The van der Waals surface area contributed by atoms with E-state index in [2.05, 4.69) is 0 Å². The lowest BCUT2D eigenvalue weighted by molar-refractivity contribution is 0.584. The highest BCUT2D eigenvalue weighted by molar-refractivity contribution is 5.68. The van der Waals surface area contributed by atoms with Crippen molar-refractivity contribution in [1.82, 2.24) is 0 Å². The molecule has 1 aromatic carbocycles. The predicted octanol–water partition coefficient (Wildman–Crippen LogP) is 2.93. The SMILES string of the molecule is Nc1c(F)cc(F)cc1N1CCCCCC1. The Morgan fingerprint density at radius 3 is 2.25 bits per heavy atom. The van der Waals surface area contributed by atoms with E-state index in [-0.39, 0.29) is 5.69 Å². The molecule has 1 saturated heterocycles. The van der Waals surface area contributed by atoms with Crippen molar-refractivity contribution in [2.24, 2.45) is 0 Å². The Balaban J connectivity index is 2.30. The summed E-state index contributed by atoms with van der Waals surface area (Å²) in [6.07, 6.45) is 4.46. The van der Waals surface area contributed by atoms with Crippen LogP contribution in [0.15, 0.2) is 12.1 Å². The van der Waals surface area contributed by atoms with Gasteiger partial charge >= 0.3 is 0 Å². The molecule has 0 bridgehead atoms. The highest BCUT2D eigenvalue weighted by Gasteiger charge is 2.16. The van der Waals surface area contributed by atoms with Gasteiger partial charge in [0.15, 0.2) is 5.82 Å². The van der Waals surface area contributed by atoms with Crippen molar-refractivity contribution < 1.29 is 8.78 Å². The van der Waals surface area contributed by atoms with E-state index >= 15 is 0 Å². The van der Waals surface area contributed by atoms with Crippen molar-refractivity contribution >= 4 is 11.4 Å². The summed E-state index contributed by atoms with van der Waals surface area (Å²) in [6.45, 7) is 1.65. The number of rotatable bonds is 1. The van der Waals surface area contributed by atoms with Crippen molar-refractivity contribution in [2.45, 2.75) is 25.7 Å². The molecule has 1 heterocycles. The summed E-state index contributed by atoms with van der Waals surface area (Å²) < 4.78 is 26.4. The first-order valence-corrected chi connectivity index (χ1v) is 5.68. The number of hydrogen-bond acceptors (Lipinski definition) is 2. The second-order valence-corrected chi connectivity index (χ2v) is 4.22. The summed E-state index contributed by atoms with van der Waals surface area (Å²) in [5.41, 5.74) is 6.21. The fourth-order valence-corrected chi connectivity index (χ4v) is 2.14. The third-order valence-corrected chi connectivity index (χ3v) is 3.02. The molecule has 1 aliphatic heterocycles. The maximum Gasteiger partial charge on any atom is 0.151 e. The van der Waals surface area contributed by atoms with Gasteiger partial charge in [-0.25, -0.2) is 8.78 Å². The van der Waals surface area contributed by atoms with Gasteiger partial charge in [0.1, 0.15) is 5.82 Å². The molecule has 0 aliphatic carbocycles. The van der Waals surface area contributed by atoms with E-state index in [1.165, 1.54) is 18.9 Å². The van der Waals surface area contributed by atoms with E-state index in [4.69, 9.17) is 5.73 Å². The van der Waals surface area contributed by atoms with Gasteiger partial charge in [0.2, 0.25) is 0 Å². The molecule has 0 saturated carbocycles. The lowest BCUT2D eigenvalue weighted by Crippen LogP contribution is -2.25. The van der Waals surface area contributed by atoms with Crippen LogP contribution >= 0.6 is 0 Å².